The molecule has 0 saturated carbocycles. The number of rotatable bonds is 0. The third kappa shape index (κ3) is 1.40. The van der Waals surface area contributed by atoms with Gasteiger partial charge >= 0.3 is 0 Å². The summed E-state index contributed by atoms with van der Waals surface area (Å²) >= 11 is 0. The molecule has 0 aromatic rings. The molecule has 0 saturated heterocycles. The van der Waals surface area contributed by atoms with Gasteiger partial charge in [0.2, 0.25) is 0 Å². The highest BCUT2D eigenvalue weighted by Crippen LogP contribution is 2.47. The Balaban J connectivity index is 2.51. The Kier molecular flexibility index (Phi) is 2.41. The maximum atomic E-state index is 12.1. The molecule has 0 heterocycles. The van der Waals surface area contributed by atoms with Gasteiger partial charge in [-0.25, -0.2) is 0 Å². The minimum absolute atomic E-state index is 0.126. The normalized spacial score (nSPS) is 35.0. The summed E-state index contributed by atoms with van der Waals surface area (Å²) in [5, 5.41) is 0. The molecule has 0 fully saturated rings. The van der Waals surface area contributed by atoms with Crippen LogP contribution in [-0.4, -0.2) is 11.6 Å². The average molecular weight is 218 g/mol. The van der Waals surface area contributed by atoms with Crippen molar-refractivity contribution in [3.05, 3.63) is 22.8 Å². The highest BCUT2D eigenvalue weighted by Gasteiger charge is 2.49. The largest absolute Gasteiger partial charge is 0.294 e. The van der Waals surface area contributed by atoms with Crippen molar-refractivity contribution < 1.29 is 9.59 Å². The Bertz CT molecular complexity index is 440. The Morgan fingerprint density at radius 3 is 2.44 bits per heavy atom. The molecule has 2 atom stereocenters. The van der Waals surface area contributed by atoms with Crippen LogP contribution in [0.15, 0.2) is 22.8 Å². The number of ketones is 2. The van der Waals surface area contributed by atoms with E-state index in [0.717, 1.165) is 12.8 Å². The maximum Gasteiger partial charge on any atom is 0.163 e. The summed E-state index contributed by atoms with van der Waals surface area (Å²) in [4.78, 5) is 24.2. The van der Waals surface area contributed by atoms with Gasteiger partial charge in [0, 0.05) is 11.3 Å². The zero-order chi connectivity index (χ0) is 12.1. The van der Waals surface area contributed by atoms with Crippen LogP contribution in [0, 0.1) is 11.3 Å². The molecule has 2 rings (SSSR count). The van der Waals surface area contributed by atoms with Gasteiger partial charge < -0.3 is 0 Å². The number of fused-ring (bicyclic) bond motifs is 1. The molecule has 0 amide bonds. The fourth-order valence-electron chi connectivity index (χ4n) is 2.88. The van der Waals surface area contributed by atoms with Gasteiger partial charge in [-0.3, -0.25) is 9.59 Å². The first-order valence-corrected chi connectivity index (χ1v) is 5.78. The fourth-order valence-corrected chi connectivity index (χ4v) is 2.88. The molecule has 2 heteroatoms. The first kappa shape index (κ1) is 11.3. The third-order valence-corrected chi connectivity index (χ3v) is 4.26. The quantitative estimate of drug-likeness (QED) is 0.586. The number of hydrogen-bond acceptors (Lipinski definition) is 2. The molecule has 16 heavy (non-hydrogen) atoms. The molecule has 0 aromatic carbocycles. The van der Waals surface area contributed by atoms with Gasteiger partial charge in [0.1, 0.15) is 0 Å². The first-order chi connectivity index (χ1) is 7.36. The van der Waals surface area contributed by atoms with E-state index in [2.05, 4.69) is 13.8 Å². The molecule has 86 valence electrons. The molecule has 2 nitrogen and oxygen atoms in total. The van der Waals surface area contributed by atoms with Gasteiger partial charge in [0.05, 0.1) is 0 Å². The zero-order valence-corrected chi connectivity index (χ0v) is 10.4. The maximum absolute atomic E-state index is 12.1. The molecule has 0 spiro atoms. The predicted octanol–water partition coefficient (Wildman–Crippen LogP) is 2.84. The Hall–Kier alpha value is -1.18. The van der Waals surface area contributed by atoms with Crippen LogP contribution in [0.25, 0.3) is 0 Å². The number of carbonyl (C=O) groups is 2. The van der Waals surface area contributed by atoms with E-state index in [0.29, 0.717) is 5.57 Å². The molecule has 0 bridgehead atoms. The molecule has 0 N–H and O–H groups in total. The lowest BCUT2D eigenvalue weighted by Crippen LogP contribution is -2.45. The molecular formula is C14H18O2. The molecule has 2 aliphatic rings. The van der Waals surface area contributed by atoms with Crippen LogP contribution < -0.4 is 0 Å². The van der Waals surface area contributed by atoms with Crippen molar-refractivity contribution >= 4 is 11.6 Å². The van der Waals surface area contributed by atoms with E-state index in [-0.39, 0.29) is 17.5 Å². The smallest absolute Gasteiger partial charge is 0.163 e. The van der Waals surface area contributed by atoms with Gasteiger partial charge in [0.25, 0.3) is 0 Å². The monoisotopic (exact) mass is 218 g/mol. The van der Waals surface area contributed by atoms with Crippen molar-refractivity contribution in [1.29, 1.82) is 0 Å². The Morgan fingerprint density at radius 2 is 1.81 bits per heavy atom. The van der Waals surface area contributed by atoms with E-state index in [1.54, 1.807) is 6.92 Å². The number of allylic oxidation sites excluding steroid dienone is 4. The molecular weight excluding hydrogens is 200 g/mol. The van der Waals surface area contributed by atoms with Gasteiger partial charge in [-0.05, 0) is 45.3 Å². The van der Waals surface area contributed by atoms with Crippen LogP contribution in [0.5, 0.6) is 0 Å². The van der Waals surface area contributed by atoms with Gasteiger partial charge in [-0.2, -0.15) is 0 Å². The molecule has 0 radical (unpaired) electrons. The standard InChI is InChI=1S/C14H18O2/c1-8-5-11-13(16)9(2)6-12(15)14(11,4)7-10(8)3/h6,11H,5,7H2,1-4H3/t11-,14-/m1/s1. The molecule has 0 aliphatic heterocycles. The summed E-state index contributed by atoms with van der Waals surface area (Å²) in [6, 6.07) is 0. The third-order valence-electron chi connectivity index (χ3n) is 4.26. The highest BCUT2D eigenvalue weighted by molar-refractivity contribution is 6.12. The van der Waals surface area contributed by atoms with Crippen LogP contribution in [0.2, 0.25) is 0 Å². The first-order valence-electron chi connectivity index (χ1n) is 5.78. The molecule has 0 unspecified atom stereocenters. The van der Waals surface area contributed by atoms with E-state index in [4.69, 9.17) is 0 Å². The molecule has 2 aliphatic carbocycles. The SMILES string of the molecule is CC1=CC(=O)[C@]2(C)CC(C)=C(C)C[C@@H]2C1=O. The Morgan fingerprint density at radius 1 is 1.19 bits per heavy atom. The van der Waals surface area contributed by atoms with Crippen LogP contribution >= 0.6 is 0 Å². The summed E-state index contributed by atoms with van der Waals surface area (Å²) in [6.07, 6.45) is 3.02. The van der Waals surface area contributed by atoms with Gasteiger partial charge in [-0.15, -0.1) is 0 Å². The second kappa shape index (κ2) is 3.41. The Labute approximate surface area is 96.4 Å². The van der Waals surface area contributed by atoms with E-state index in [1.807, 2.05) is 6.92 Å². The summed E-state index contributed by atoms with van der Waals surface area (Å²) in [5.74, 6) is 0.157. The summed E-state index contributed by atoms with van der Waals surface area (Å²) in [5.41, 5.74) is 2.69. The number of Topliss-reactive ketones (excluding diaryl/α,β-unsaturated/α-hetero) is 1. The van der Waals surface area contributed by atoms with Crippen molar-refractivity contribution in [2.75, 3.05) is 0 Å². The molecule has 0 aromatic heterocycles. The fraction of sp³-hybridized carbons (Fsp3) is 0.571. The van der Waals surface area contributed by atoms with Crippen LogP contribution in [0.4, 0.5) is 0 Å². The lowest BCUT2D eigenvalue weighted by molar-refractivity contribution is -0.136. The second-order valence-corrected chi connectivity index (χ2v) is 5.47. The summed E-state index contributed by atoms with van der Waals surface area (Å²) in [7, 11) is 0. The van der Waals surface area contributed by atoms with Crippen molar-refractivity contribution in [1.82, 2.24) is 0 Å². The summed E-state index contributed by atoms with van der Waals surface area (Å²) < 4.78 is 0. The number of hydrogen-bond donors (Lipinski definition) is 0. The van der Waals surface area contributed by atoms with E-state index in [1.165, 1.54) is 17.2 Å². The minimum Gasteiger partial charge on any atom is -0.294 e. The van der Waals surface area contributed by atoms with Crippen molar-refractivity contribution in [2.24, 2.45) is 11.3 Å². The van der Waals surface area contributed by atoms with Crippen LogP contribution in [-0.2, 0) is 9.59 Å². The van der Waals surface area contributed by atoms with Gasteiger partial charge in [-0.1, -0.05) is 18.1 Å². The van der Waals surface area contributed by atoms with Gasteiger partial charge in [0.15, 0.2) is 11.6 Å². The van der Waals surface area contributed by atoms with E-state index in [9.17, 15) is 9.59 Å². The van der Waals surface area contributed by atoms with Crippen LogP contribution in [0.3, 0.4) is 0 Å². The van der Waals surface area contributed by atoms with E-state index < -0.39 is 5.41 Å². The lowest BCUT2D eigenvalue weighted by atomic mass is 9.59. The predicted molar refractivity (Wildman–Crippen MR) is 63.0 cm³/mol. The zero-order valence-electron chi connectivity index (χ0n) is 10.4. The van der Waals surface area contributed by atoms with Crippen LogP contribution in [0.1, 0.15) is 40.5 Å². The van der Waals surface area contributed by atoms with E-state index >= 15 is 0 Å². The van der Waals surface area contributed by atoms with Crippen molar-refractivity contribution in [3.63, 3.8) is 0 Å². The average Bonchev–Trinajstić information content (AvgIpc) is 2.20. The highest BCUT2D eigenvalue weighted by atomic mass is 16.1. The van der Waals surface area contributed by atoms with Crippen molar-refractivity contribution in [2.45, 2.75) is 40.5 Å². The second-order valence-electron chi connectivity index (χ2n) is 5.47. The minimum atomic E-state index is -0.486. The topological polar surface area (TPSA) is 34.1 Å². The van der Waals surface area contributed by atoms with Crippen molar-refractivity contribution in [3.8, 4) is 0 Å². The summed E-state index contributed by atoms with van der Waals surface area (Å²) in [6.45, 7) is 7.83. The number of carbonyl (C=O) groups excluding carboxylic acids is 2. The lowest BCUT2D eigenvalue weighted by Gasteiger charge is -2.42.